The lowest BCUT2D eigenvalue weighted by Gasteiger charge is -2.13. The Morgan fingerprint density at radius 2 is 2.00 bits per heavy atom. The van der Waals surface area contributed by atoms with Crippen molar-refractivity contribution in [2.24, 2.45) is 0 Å². The SMILES string of the molecule is Cc1cc([N+](=O)[O-])cc(CBr)c1C(F)(F)F. The highest BCUT2D eigenvalue weighted by Gasteiger charge is 2.35. The molecule has 0 aliphatic heterocycles. The van der Waals surface area contributed by atoms with E-state index in [1.807, 2.05) is 0 Å². The molecule has 16 heavy (non-hydrogen) atoms. The van der Waals surface area contributed by atoms with Gasteiger partial charge in [0.25, 0.3) is 5.69 Å². The molecule has 0 unspecified atom stereocenters. The smallest absolute Gasteiger partial charge is 0.258 e. The topological polar surface area (TPSA) is 43.1 Å². The molecule has 0 spiro atoms. The first kappa shape index (κ1) is 13.0. The van der Waals surface area contributed by atoms with E-state index in [0.717, 1.165) is 12.1 Å². The fourth-order valence-electron chi connectivity index (χ4n) is 1.46. The van der Waals surface area contributed by atoms with Crippen molar-refractivity contribution in [2.75, 3.05) is 0 Å². The molecular formula is C9H7BrF3NO2. The fraction of sp³-hybridized carbons (Fsp3) is 0.333. The molecule has 1 rings (SSSR count). The first-order chi connectivity index (χ1) is 7.27. The molecule has 0 N–H and O–H groups in total. The molecule has 3 nitrogen and oxygen atoms in total. The van der Waals surface area contributed by atoms with Crippen LogP contribution in [-0.4, -0.2) is 4.92 Å². The van der Waals surface area contributed by atoms with Crippen LogP contribution in [-0.2, 0) is 11.5 Å². The van der Waals surface area contributed by atoms with Gasteiger partial charge in [0.1, 0.15) is 0 Å². The van der Waals surface area contributed by atoms with Crippen LogP contribution in [0, 0.1) is 17.0 Å². The lowest BCUT2D eigenvalue weighted by molar-refractivity contribution is -0.385. The normalized spacial score (nSPS) is 11.6. The van der Waals surface area contributed by atoms with E-state index in [0.29, 0.717) is 0 Å². The van der Waals surface area contributed by atoms with Crippen molar-refractivity contribution in [1.29, 1.82) is 0 Å². The largest absolute Gasteiger partial charge is 0.416 e. The van der Waals surface area contributed by atoms with Gasteiger partial charge in [0.2, 0.25) is 0 Å². The molecule has 0 aliphatic rings. The Balaban J connectivity index is 3.46. The predicted octanol–water partition coefficient (Wildman–Crippen LogP) is 3.82. The number of alkyl halides is 4. The summed E-state index contributed by atoms with van der Waals surface area (Å²) in [6, 6.07) is 1.86. The van der Waals surface area contributed by atoms with Gasteiger partial charge < -0.3 is 0 Å². The van der Waals surface area contributed by atoms with E-state index in [-0.39, 0.29) is 22.1 Å². The number of benzene rings is 1. The summed E-state index contributed by atoms with van der Waals surface area (Å²) in [7, 11) is 0. The molecule has 0 aliphatic carbocycles. The van der Waals surface area contributed by atoms with E-state index in [9.17, 15) is 23.3 Å². The Hall–Kier alpha value is -1.11. The van der Waals surface area contributed by atoms with Gasteiger partial charge in [0.15, 0.2) is 0 Å². The molecule has 0 radical (unpaired) electrons. The van der Waals surface area contributed by atoms with Crippen LogP contribution >= 0.6 is 15.9 Å². The highest BCUT2D eigenvalue weighted by atomic mass is 79.9. The molecule has 1 aromatic carbocycles. The highest BCUT2D eigenvalue weighted by Crippen LogP contribution is 2.37. The maximum absolute atomic E-state index is 12.6. The predicted molar refractivity (Wildman–Crippen MR) is 55.5 cm³/mol. The third-order valence-corrected chi connectivity index (χ3v) is 2.64. The monoisotopic (exact) mass is 297 g/mol. The van der Waals surface area contributed by atoms with Gasteiger partial charge in [-0.25, -0.2) is 0 Å². The summed E-state index contributed by atoms with van der Waals surface area (Å²) in [6.07, 6.45) is -4.50. The maximum atomic E-state index is 12.6. The number of hydrogen-bond acceptors (Lipinski definition) is 2. The Labute approximate surface area is 97.5 Å². The van der Waals surface area contributed by atoms with E-state index >= 15 is 0 Å². The molecule has 88 valence electrons. The van der Waals surface area contributed by atoms with Gasteiger partial charge in [0.05, 0.1) is 10.5 Å². The quantitative estimate of drug-likeness (QED) is 0.473. The van der Waals surface area contributed by atoms with Crippen molar-refractivity contribution >= 4 is 21.6 Å². The number of non-ortho nitro benzene ring substituents is 1. The number of aryl methyl sites for hydroxylation is 1. The second-order valence-electron chi connectivity index (χ2n) is 3.19. The third kappa shape index (κ3) is 2.52. The first-order valence-electron chi connectivity index (χ1n) is 4.18. The summed E-state index contributed by atoms with van der Waals surface area (Å²) >= 11 is 2.90. The number of nitrogens with zero attached hydrogens (tertiary/aromatic N) is 1. The second-order valence-corrected chi connectivity index (χ2v) is 3.75. The van der Waals surface area contributed by atoms with E-state index in [4.69, 9.17) is 0 Å². The fourth-order valence-corrected chi connectivity index (χ4v) is 1.90. The molecule has 0 saturated carbocycles. The lowest BCUT2D eigenvalue weighted by Crippen LogP contribution is -2.11. The minimum Gasteiger partial charge on any atom is -0.258 e. The van der Waals surface area contributed by atoms with Crippen LogP contribution in [0.25, 0.3) is 0 Å². The van der Waals surface area contributed by atoms with Crippen LogP contribution in [0.5, 0.6) is 0 Å². The summed E-state index contributed by atoms with van der Waals surface area (Å²) in [4.78, 5) is 9.78. The van der Waals surface area contributed by atoms with Gasteiger partial charge in [-0.3, -0.25) is 10.1 Å². The molecule has 0 atom stereocenters. The van der Waals surface area contributed by atoms with Crippen molar-refractivity contribution in [3.05, 3.63) is 38.9 Å². The van der Waals surface area contributed by atoms with Gasteiger partial charge in [-0.1, -0.05) is 15.9 Å². The van der Waals surface area contributed by atoms with Gasteiger partial charge >= 0.3 is 6.18 Å². The Morgan fingerprint density at radius 3 is 2.38 bits per heavy atom. The summed E-state index contributed by atoms with van der Waals surface area (Å²) in [6.45, 7) is 1.21. The summed E-state index contributed by atoms with van der Waals surface area (Å²) in [5, 5.41) is 10.4. The average Bonchev–Trinajstić information content (AvgIpc) is 2.14. The second kappa shape index (κ2) is 4.40. The average molecular weight is 298 g/mol. The molecule has 1 aromatic rings. The lowest BCUT2D eigenvalue weighted by atomic mass is 10.0. The van der Waals surface area contributed by atoms with Crippen LogP contribution in [0.15, 0.2) is 12.1 Å². The van der Waals surface area contributed by atoms with Crippen LogP contribution in [0.1, 0.15) is 16.7 Å². The van der Waals surface area contributed by atoms with Gasteiger partial charge in [-0.05, 0) is 18.1 Å². The molecule has 0 aromatic heterocycles. The molecular weight excluding hydrogens is 291 g/mol. The van der Waals surface area contributed by atoms with Gasteiger partial charge in [-0.2, -0.15) is 13.2 Å². The van der Waals surface area contributed by atoms with Crippen molar-refractivity contribution < 1.29 is 18.1 Å². The van der Waals surface area contributed by atoms with Crippen molar-refractivity contribution in [2.45, 2.75) is 18.4 Å². The van der Waals surface area contributed by atoms with Crippen LogP contribution in [0.3, 0.4) is 0 Å². The van der Waals surface area contributed by atoms with E-state index in [2.05, 4.69) is 15.9 Å². The number of hydrogen-bond donors (Lipinski definition) is 0. The van der Waals surface area contributed by atoms with Crippen molar-refractivity contribution in [3.8, 4) is 0 Å². The summed E-state index contributed by atoms with van der Waals surface area (Å²) in [5.41, 5.74) is -1.41. The molecule has 0 amide bonds. The number of nitro groups is 1. The van der Waals surface area contributed by atoms with E-state index < -0.39 is 16.7 Å². The zero-order valence-electron chi connectivity index (χ0n) is 8.14. The minimum atomic E-state index is -4.50. The van der Waals surface area contributed by atoms with Crippen LogP contribution < -0.4 is 0 Å². The molecule has 0 fully saturated rings. The van der Waals surface area contributed by atoms with E-state index in [1.165, 1.54) is 6.92 Å². The Kier molecular flexibility index (Phi) is 3.57. The third-order valence-electron chi connectivity index (χ3n) is 2.04. The summed E-state index contributed by atoms with van der Waals surface area (Å²) in [5.74, 6) is 0. The molecule has 0 heterocycles. The minimum absolute atomic E-state index is 0.0790. The van der Waals surface area contributed by atoms with Gasteiger partial charge in [-0.15, -0.1) is 0 Å². The molecule has 7 heteroatoms. The Bertz CT molecular complexity index is 431. The maximum Gasteiger partial charge on any atom is 0.416 e. The zero-order valence-corrected chi connectivity index (χ0v) is 9.72. The zero-order chi connectivity index (χ0) is 12.5. The van der Waals surface area contributed by atoms with E-state index in [1.54, 1.807) is 0 Å². The molecule has 0 bridgehead atoms. The van der Waals surface area contributed by atoms with Crippen molar-refractivity contribution in [3.63, 3.8) is 0 Å². The van der Waals surface area contributed by atoms with Crippen LogP contribution in [0.2, 0.25) is 0 Å². The highest BCUT2D eigenvalue weighted by molar-refractivity contribution is 9.08. The number of halogens is 4. The summed E-state index contributed by atoms with van der Waals surface area (Å²) < 4.78 is 37.9. The number of nitro benzene ring substituents is 1. The first-order valence-corrected chi connectivity index (χ1v) is 5.30. The van der Waals surface area contributed by atoms with Gasteiger partial charge in [0, 0.05) is 17.5 Å². The Morgan fingerprint density at radius 1 is 1.44 bits per heavy atom. The van der Waals surface area contributed by atoms with Crippen molar-refractivity contribution in [1.82, 2.24) is 0 Å². The molecule has 0 saturated heterocycles. The number of rotatable bonds is 2. The standard InChI is InChI=1S/C9H7BrF3NO2/c1-5-2-7(14(15)16)3-6(4-10)8(5)9(11,12)13/h2-3H,4H2,1H3. The van der Waals surface area contributed by atoms with Crippen LogP contribution in [0.4, 0.5) is 18.9 Å².